The van der Waals surface area contributed by atoms with Gasteiger partial charge in [-0.15, -0.1) is 0 Å². The van der Waals surface area contributed by atoms with Crippen LogP contribution in [-0.4, -0.2) is 22.3 Å². The Morgan fingerprint density at radius 3 is 2.63 bits per heavy atom. The standard InChI is InChI=1S/C15H21N3O/c1-15(2,19-3)10-18-11-17-9-13(18)14(16)12-7-5-4-6-8-12/h4-9,11,14H,10,16H2,1-3H3. The van der Waals surface area contributed by atoms with Gasteiger partial charge >= 0.3 is 0 Å². The van der Waals surface area contributed by atoms with Crippen LogP contribution in [0.4, 0.5) is 0 Å². The van der Waals surface area contributed by atoms with Crippen LogP contribution < -0.4 is 5.73 Å². The molecule has 1 atom stereocenters. The van der Waals surface area contributed by atoms with E-state index in [9.17, 15) is 0 Å². The maximum Gasteiger partial charge on any atom is 0.0949 e. The molecule has 0 aliphatic rings. The van der Waals surface area contributed by atoms with Gasteiger partial charge in [0.1, 0.15) is 0 Å². The number of hydrogen-bond acceptors (Lipinski definition) is 3. The van der Waals surface area contributed by atoms with Crippen molar-refractivity contribution in [1.29, 1.82) is 0 Å². The van der Waals surface area contributed by atoms with Crippen molar-refractivity contribution in [2.24, 2.45) is 5.73 Å². The number of ether oxygens (including phenoxy) is 1. The number of hydrogen-bond donors (Lipinski definition) is 1. The maximum absolute atomic E-state index is 6.32. The van der Waals surface area contributed by atoms with Crippen LogP contribution in [0.15, 0.2) is 42.9 Å². The lowest BCUT2D eigenvalue weighted by molar-refractivity contribution is 0.00748. The molecule has 4 heteroatoms. The van der Waals surface area contributed by atoms with Gasteiger partial charge in [0.2, 0.25) is 0 Å². The fourth-order valence-electron chi connectivity index (χ4n) is 2.03. The summed E-state index contributed by atoms with van der Waals surface area (Å²) >= 11 is 0. The van der Waals surface area contributed by atoms with Gasteiger partial charge in [0.15, 0.2) is 0 Å². The van der Waals surface area contributed by atoms with Crippen LogP contribution in [0.2, 0.25) is 0 Å². The second kappa shape index (κ2) is 5.55. The van der Waals surface area contributed by atoms with Crippen molar-refractivity contribution in [3.63, 3.8) is 0 Å². The monoisotopic (exact) mass is 259 g/mol. The van der Waals surface area contributed by atoms with Crippen molar-refractivity contribution in [3.8, 4) is 0 Å². The normalized spacial score (nSPS) is 13.5. The zero-order valence-corrected chi connectivity index (χ0v) is 11.7. The van der Waals surface area contributed by atoms with E-state index < -0.39 is 0 Å². The molecule has 0 radical (unpaired) electrons. The van der Waals surface area contributed by atoms with Crippen LogP contribution in [0.25, 0.3) is 0 Å². The molecule has 1 heterocycles. The lowest BCUT2D eigenvalue weighted by atomic mass is 10.0. The largest absolute Gasteiger partial charge is 0.377 e. The highest BCUT2D eigenvalue weighted by Gasteiger charge is 2.21. The van der Waals surface area contributed by atoms with E-state index in [1.165, 1.54) is 0 Å². The molecular weight excluding hydrogens is 238 g/mol. The van der Waals surface area contributed by atoms with Gasteiger partial charge in [-0.25, -0.2) is 4.98 Å². The van der Waals surface area contributed by atoms with Crippen LogP contribution in [0.3, 0.4) is 0 Å². The SMILES string of the molecule is COC(C)(C)Cn1cncc1C(N)c1ccccc1. The van der Waals surface area contributed by atoms with Crippen LogP contribution >= 0.6 is 0 Å². The molecule has 0 aliphatic carbocycles. The van der Waals surface area contributed by atoms with Gasteiger partial charge in [-0.05, 0) is 19.4 Å². The minimum absolute atomic E-state index is 0.170. The summed E-state index contributed by atoms with van der Waals surface area (Å²) in [4.78, 5) is 4.21. The third-order valence-corrected chi connectivity index (χ3v) is 3.33. The zero-order chi connectivity index (χ0) is 13.9. The van der Waals surface area contributed by atoms with E-state index in [2.05, 4.69) is 9.55 Å². The Labute approximate surface area is 114 Å². The first-order valence-electron chi connectivity index (χ1n) is 6.39. The topological polar surface area (TPSA) is 53.1 Å². The predicted molar refractivity (Wildman–Crippen MR) is 75.8 cm³/mol. The molecule has 102 valence electrons. The number of nitrogens with zero attached hydrogens (tertiary/aromatic N) is 2. The molecule has 2 aromatic rings. The highest BCUT2D eigenvalue weighted by Crippen LogP contribution is 2.21. The first-order chi connectivity index (χ1) is 9.03. The summed E-state index contributed by atoms with van der Waals surface area (Å²) in [6.07, 6.45) is 3.63. The third-order valence-electron chi connectivity index (χ3n) is 3.33. The molecule has 1 unspecified atom stereocenters. The van der Waals surface area contributed by atoms with Crippen LogP contribution in [-0.2, 0) is 11.3 Å². The summed E-state index contributed by atoms with van der Waals surface area (Å²) in [6.45, 7) is 4.81. The highest BCUT2D eigenvalue weighted by atomic mass is 16.5. The van der Waals surface area contributed by atoms with E-state index >= 15 is 0 Å². The van der Waals surface area contributed by atoms with E-state index in [4.69, 9.17) is 10.5 Å². The van der Waals surface area contributed by atoms with Crippen molar-refractivity contribution >= 4 is 0 Å². The van der Waals surface area contributed by atoms with Crippen LogP contribution in [0.5, 0.6) is 0 Å². The zero-order valence-electron chi connectivity index (χ0n) is 11.7. The molecule has 0 bridgehead atoms. The van der Waals surface area contributed by atoms with Crippen LogP contribution in [0.1, 0.15) is 31.1 Å². The molecule has 2 N–H and O–H groups in total. The minimum Gasteiger partial charge on any atom is -0.377 e. The molecular formula is C15H21N3O. The molecule has 0 saturated heterocycles. The Morgan fingerprint density at radius 2 is 2.00 bits per heavy atom. The molecule has 1 aromatic heterocycles. The Hall–Kier alpha value is -1.65. The fraction of sp³-hybridized carbons (Fsp3) is 0.400. The Balaban J connectivity index is 2.25. The average molecular weight is 259 g/mol. The summed E-state index contributed by atoms with van der Waals surface area (Å²) in [7, 11) is 1.72. The molecule has 19 heavy (non-hydrogen) atoms. The Morgan fingerprint density at radius 1 is 1.32 bits per heavy atom. The number of aromatic nitrogens is 2. The van der Waals surface area contributed by atoms with E-state index in [1.807, 2.05) is 50.4 Å². The molecule has 0 aliphatic heterocycles. The molecule has 0 amide bonds. The molecule has 0 spiro atoms. The summed E-state index contributed by atoms with van der Waals surface area (Å²) in [6, 6.07) is 9.87. The van der Waals surface area contributed by atoms with Gasteiger partial charge in [0.25, 0.3) is 0 Å². The number of imidazole rings is 1. The van der Waals surface area contributed by atoms with E-state index in [1.54, 1.807) is 13.4 Å². The molecule has 0 saturated carbocycles. The second-order valence-corrected chi connectivity index (χ2v) is 5.30. The first kappa shape index (κ1) is 13.8. The third kappa shape index (κ3) is 3.22. The number of methoxy groups -OCH3 is 1. The van der Waals surface area contributed by atoms with Crippen molar-refractivity contribution < 1.29 is 4.74 Å². The summed E-state index contributed by atoms with van der Waals surface area (Å²) in [5, 5.41) is 0. The van der Waals surface area contributed by atoms with Gasteiger partial charge < -0.3 is 15.0 Å². The average Bonchev–Trinajstić information content (AvgIpc) is 2.86. The second-order valence-electron chi connectivity index (χ2n) is 5.30. The molecule has 1 aromatic carbocycles. The predicted octanol–water partition coefficient (Wildman–Crippen LogP) is 2.36. The number of nitrogens with two attached hydrogens (primary N) is 1. The van der Waals surface area contributed by atoms with Crippen molar-refractivity contribution in [2.75, 3.05) is 7.11 Å². The lowest BCUT2D eigenvalue weighted by Gasteiger charge is -2.25. The number of rotatable bonds is 5. The van der Waals surface area contributed by atoms with Crippen molar-refractivity contribution in [2.45, 2.75) is 32.0 Å². The fourth-order valence-corrected chi connectivity index (χ4v) is 2.03. The lowest BCUT2D eigenvalue weighted by Crippen LogP contribution is -2.30. The van der Waals surface area contributed by atoms with Gasteiger partial charge in [0.05, 0.1) is 36.4 Å². The smallest absolute Gasteiger partial charge is 0.0949 e. The molecule has 0 fully saturated rings. The van der Waals surface area contributed by atoms with Crippen LogP contribution in [0, 0.1) is 0 Å². The molecule has 2 rings (SSSR count). The Kier molecular flexibility index (Phi) is 4.02. The van der Waals surface area contributed by atoms with E-state index in [-0.39, 0.29) is 11.6 Å². The molecule has 4 nitrogen and oxygen atoms in total. The van der Waals surface area contributed by atoms with Crippen molar-refractivity contribution in [3.05, 3.63) is 54.1 Å². The first-order valence-corrected chi connectivity index (χ1v) is 6.39. The van der Waals surface area contributed by atoms with Gasteiger partial charge in [-0.1, -0.05) is 30.3 Å². The summed E-state index contributed by atoms with van der Waals surface area (Å²) in [5.41, 5.74) is 8.16. The number of benzene rings is 1. The Bertz CT molecular complexity index is 519. The van der Waals surface area contributed by atoms with E-state index in [0.29, 0.717) is 0 Å². The summed E-state index contributed by atoms with van der Waals surface area (Å²) in [5.74, 6) is 0. The quantitative estimate of drug-likeness (QED) is 0.896. The maximum atomic E-state index is 6.32. The van der Waals surface area contributed by atoms with Gasteiger partial charge in [-0.3, -0.25) is 0 Å². The minimum atomic E-state index is -0.244. The summed E-state index contributed by atoms with van der Waals surface area (Å²) < 4.78 is 7.52. The van der Waals surface area contributed by atoms with Crippen molar-refractivity contribution in [1.82, 2.24) is 9.55 Å². The van der Waals surface area contributed by atoms with E-state index in [0.717, 1.165) is 17.8 Å². The van der Waals surface area contributed by atoms with Gasteiger partial charge in [-0.2, -0.15) is 0 Å². The highest BCUT2D eigenvalue weighted by molar-refractivity contribution is 5.26. The van der Waals surface area contributed by atoms with Gasteiger partial charge in [0, 0.05) is 7.11 Å².